The number of nitriles is 1. The van der Waals surface area contributed by atoms with Crippen molar-refractivity contribution in [1.29, 1.82) is 5.26 Å². The van der Waals surface area contributed by atoms with Crippen LogP contribution >= 0.6 is 23.2 Å². The molecule has 0 unspecified atom stereocenters. The molecule has 2 aromatic carbocycles. The Morgan fingerprint density at radius 2 is 1.89 bits per heavy atom. The third-order valence-corrected chi connectivity index (χ3v) is 4.27. The lowest BCUT2D eigenvalue weighted by Crippen LogP contribution is -2.15. The molecule has 0 spiro atoms. The molecule has 0 heterocycles. The van der Waals surface area contributed by atoms with Gasteiger partial charge in [0.2, 0.25) is 0 Å². The highest BCUT2D eigenvalue weighted by molar-refractivity contribution is 6.32. The molecule has 4 nitrogen and oxygen atoms in total. The van der Waals surface area contributed by atoms with Crippen molar-refractivity contribution in [2.45, 2.75) is 13.1 Å². The van der Waals surface area contributed by atoms with Crippen LogP contribution in [0.4, 0.5) is 24.5 Å². The molecule has 0 saturated heterocycles. The molecule has 0 aromatic heterocycles. The van der Waals surface area contributed by atoms with Crippen LogP contribution < -0.4 is 10.6 Å². The third-order valence-electron chi connectivity index (χ3n) is 3.53. The normalized spacial score (nSPS) is 11.7. The van der Waals surface area contributed by atoms with E-state index in [4.69, 9.17) is 28.5 Å². The van der Waals surface area contributed by atoms with Crippen LogP contribution in [0.3, 0.4) is 0 Å². The van der Waals surface area contributed by atoms with E-state index < -0.39 is 22.7 Å². The van der Waals surface area contributed by atoms with Gasteiger partial charge in [0.05, 0.1) is 10.6 Å². The molecule has 0 saturated carbocycles. The minimum absolute atomic E-state index is 0.142. The van der Waals surface area contributed by atoms with Gasteiger partial charge in [-0.15, -0.1) is 0 Å². The van der Waals surface area contributed by atoms with Crippen LogP contribution in [0.2, 0.25) is 10.0 Å². The summed E-state index contributed by atoms with van der Waals surface area (Å²) in [5.41, 5.74) is -0.277. The first-order chi connectivity index (χ1) is 12.6. The predicted octanol–water partition coefficient (Wildman–Crippen LogP) is 5.78. The van der Waals surface area contributed by atoms with Gasteiger partial charge in [0.15, 0.2) is 0 Å². The number of amides is 1. The molecule has 2 rings (SSSR count). The van der Waals surface area contributed by atoms with Gasteiger partial charge in [-0.05, 0) is 42.8 Å². The van der Waals surface area contributed by atoms with Crippen LogP contribution in [0.15, 0.2) is 48.2 Å². The summed E-state index contributed by atoms with van der Waals surface area (Å²) in [4.78, 5) is 12.2. The molecule has 27 heavy (non-hydrogen) atoms. The summed E-state index contributed by atoms with van der Waals surface area (Å²) in [5, 5.41) is 14.2. The van der Waals surface area contributed by atoms with Crippen LogP contribution in [0.25, 0.3) is 0 Å². The number of hydrogen-bond donors (Lipinski definition) is 2. The first-order valence-corrected chi connectivity index (χ1v) is 8.19. The summed E-state index contributed by atoms with van der Waals surface area (Å²) in [5.74, 6) is -0.875. The lowest BCUT2D eigenvalue weighted by Gasteiger charge is -2.12. The summed E-state index contributed by atoms with van der Waals surface area (Å²) in [6, 6.07) is 9.67. The highest BCUT2D eigenvalue weighted by atomic mass is 35.5. The van der Waals surface area contributed by atoms with E-state index in [1.807, 2.05) is 0 Å². The second-order valence-electron chi connectivity index (χ2n) is 5.37. The Balaban J connectivity index is 2.21. The fourth-order valence-electron chi connectivity index (χ4n) is 2.08. The average molecular weight is 414 g/mol. The van der Waals surface area contributed by atoms with Gasteiger partial charge in [-0.2, -0.15) is 18.4 Å². The lowest BCUT2D eigenvalue weighted by molar-refractivity contribution is -0.137. The van der Waals surface area contributed by atoms with E-state index in [0.29, 0.717) is 22.3 Å². The number of halogens is 5. The molecule has 0 bridgehead atoms. The Kier molecular flexibility index (Phi) is 6.37. The zero-order valence-electron chi connectivity index (χ0n) is 13.8. The second kappa shape index (κ2) is 8.33. The lowest BCUT2D eigenvalue weighted by atomic mass is 10.1. The van der Waals surface area contributed by atoms with E-state index in [1.54, 1.807) is 31.2 Å². The largest absolute Gasteiger partial charge is 0.417 e. The number of carbonyl (C=O) groups excluding carboxylic acids is 1. The summed E-state index contributed by atoms with van der Waals surface area (Å²) < 4.78 is 38.7. The van der Waals surface area contributed by atoms with Gasteiger partial charge in [-0.3, -0.25) is 4.79 Å². The zero-order valence-corrected chi connectivity index (χ0v) is 15.3. The number of rotatable bonds is 4. The van der Waals surface area contributed by atoms with Gasteiger partial charge in [0.1, 0.15) is 11.6 Å². The van der Waals surface area contributed by atoms with Gasteiger partial charge in [-0.1, -0.05) is 29.3 Å². The first kappa shape index (κ1) is 20.6. The maximum absolute atomic E-state index is 12.9. The van der Waals surface area contributed by atoms with Gasteiger partial charge < -0.3 is 10.6 Å². The minimum Gasteiger partial charge on any atom is -0.360 e. The second-order valence-corrected chi connectivity index (χ2v) is 6.19. The minimum atomic E-state index is -4.67. The van der Waals surface area contributed by atoms with Gasteiger partial charge in [0, 0.05) is 22.6 Å². The van der Waals surface area contributed by atoms with E-state index in [0.717, 1.165) is 12.3 Å². The van der Waals surface area contributed by atoms with Crippen LogP contribution in [-0.2, 0) is 11.0 Å². The summed E-state index contributed by atoms with van der Waals surface area (Å²) in [7, 11) is 0. The molecule has 0 radical (unpaired) electrons. The number of hydrogen-bond acceptors (Lipinski definition) is 3. The van der Waals surface area contributed by atoms with E-state index in [-0.39, 0.29) is 11.3 Å². The third kappa shape index (κ3) is 5.16. The zero-order chi connectivity index (χ0) is 20.2. The maximum Gasteiger partial charge on any atom is 0.417 e. The monoisotopic (exact) mass is 413 g/mol. The Hall–Kier alpha value is -2.69. The Morgan fingerprint density at radius 1 is 1.19 bits per heavy atom. The highest BCUT2D eigenvalue weighted by Gasteiger charge is 2.33. The van der Waals surface area contributed by atoms with Crippen LogP contribution in [0, 0.1) is 18.3 Å². The van der Waals surface area contributed by atoms with Crippen LogP contribution in [0.5, 0.6) is 0 Å². The molecule has 0 aliphatic rings. The highest BCUT2D eigenvalue weighted by Crippen LogP contribution is 2.36. The number of nitrogens with zero attached hydrogens (tertiary/aromatic N) is 1. The smallest absolute Gasteiger partial charge is 0.360 e. The Morgan fingerprint density at radius 3 is 2.52 bits per heavy atom. The molecule has 0 fully saturated rings. The number of anilines is 2. The van der Waals surface area contributed by atoms with Crippen molar-refractivity contribution >= 4 is 40.5 Å². The quantitative estimate of drug-likeness (QED) is 0.493. The Bertz CT molecular complexity index is 950. The number of alkyl halides is 3. The predicted molar refractivity (Wildman–Crippen MR) is 98.6 cm³/mol. The van der Waals surface area contributed by atoms with Crippen molar-refractivity contribution in [2.75, 3.05) is 10.6 Å². The topological polar surface area (TPSA) is 64.9 Å². The molecule has 0 atom stereocenters. The molecule has 140 valence electrons. The molecule has 9 heteroatoms. The van der Waals surface area contributed by atoms with E-state index in [9.17, 15) is 18.0 Å². The summed E-state index contributed by atoms with van der Waals surface area (Å²) >= 11 is 11.5. The van der Waals surface area contributed by atoms with Crippen molar-refractivity contribution in [3.63, 3.8) is 0 Å². The van der Waals surface area contributed by atoms with E-state index in [1.165, 1.54) is 6.07 Å². The van der Waals surface area contributed by atoms with Crippen LogP contribution in [-0.4, -0.2) is 5.91 Å². The molecule has 2 N–H and O–H groups in total. The fourth-order valence-corrected chi connectivity index (χ4v) is 2.48. The first-order valence-electron chi connectivity index (χ1n) is 7.43. The molecular weight excluding hydrogens is 402 g/mol. The van der Waals surface area contributed by atoms with E-state index >= 15 is 0 Å². The summed E-state index contributed by atoms with van der Waals surface area (Å²) in [6.45, 7) is 1.75. The van der Waals surface area contributed by atoms with Crippen molar-refractivity contribution in [3.05, 3.63) is 69.3 Å². The average Bonchev–Trinajstić information content (AvgIpc) is 2.59. The number of carbonyl (C=O) groups is 1. The summed E-state index contributed by atoms with van der Waals surface area (Å²) in [6.07, 6.45) is -3.52. The molecule has 1 amide bonds. The van der Waals surface area contributed by atoms with Gasteiger partial charge in [0.25, 0.3) is 5.91 Å². The standard InChI is InChI=1S/C18H12Cl2F3N3O/c1-10-14(19)3-2-4-16(10)25-9-11(8-24)17(27)26-12-5-6-15(20)13(7-12)18(21,22)23/h2-7,9,25H,1H3,(H,26,27)/b11-9-. The number of benzene rings is 2. The molecular formula is C18H12Cl2F3N3O. The van der Waals surface area contributed by atoms with Crippen molar-refractivity contribution in [3.8, 4) is 6.07 Å². The van der Waals surface area contributed by atoms with Gasteiger partial charge in [-0.25, -0.2) is 0 Å². The fraction of sp³-hybridized carbons (Fsp3) is 0.111. The van der Waals surface area contributed by atoms with Crippen molar-refractivity contribution in [1.82, 2.24) is 0 Å². The molecule has 0 aliphatic carbocycles. The van der Waals surface area contributed by atoms with Crippen molar-refractivity contribution < 1.29 is 18.0 Å². The van der Waals surface area contributed by atoms with Crippen molar-refractivity contribution in [2.24, 2.45) is 0 Å². The number of nitrogens with one attached hydrogen (secondary N) is 2. The molecule has 2 aromatic rings. The van der Waals surface area contributed by atoms with Crippen LogP contribution in [0.1, 0.15) is 11.1 Å². The Labute approximate surface area is 163 Å². The van der Waals surface area contributed by atoms with E-state index in [2.05, 4.69) is 10.6 Å². The van der Waals surface area contributed by atoms with Gasteiger partial charge >= 0.3 is 6.18 Å². The molecule has 0 aliphatic heterocycles. The SMILES string of the molecule is Cc1c(Cl)cccc1N/C=C(/C#N)C(=O)Nc1ccc(Cl)c(C(F)(F)F)c1. The maximum atomic E-state index is 12.9.